The van der Waals surface area contributed by atoms with E-state index in [1.807, 2.05) is 24.8 Å². The van der Waals surface area contributed by atoms with Crippen LogP contribution in [-0.4, -0.2) is 20.4 Å². The lowest BCUT2D eigenvalue weighted by Crippen LogP contribution is -2.32. The first-order chi connectivity index (χ1) is 30.1. The molecule has 2 N–H and O–H groups in total. The Kier molecular flexibility index (Phi) is 11.5. The summed E-state index contributed by atoms with van der Waals surface area (Å²) in [6.07, 6.45) is 7.73. The van der Waals surface area contributed by atoms with E-state index in [1.165, 1.54) is 98.6 Å². The van der Waals surface area contributed by atoms with Gasteiger partial charge in [0.1, 0.15) is 0 Å². The minimum Gasteiger partial charge on any atom is -0.285 e. The molecule has 7 aromatic carbocycles. The van der Waals surface area contributed by atoms with Gasteiger partial charge in [0.2, 0.25) is 0 Å². The fourth-order valence-electron chi connectivity index (χ4n) is 9.25. The highest BCUT2D eigenvalue weighted by Crippen LogP contribution is 2.47. The lowest BCUT2D eigenvalue weighted by Gasteiger charge is -2.32. The molecule has 4 nitrogen and oxygen atoms in total. The molecule has 306 valence electrons. The van der Waals surface area contributed by atoms with Crippen LogP contribution in [-0.2, 0) is 0 Å². The smallest absolute Gasteiger partial charge is 0.0565 e. The molecule has 0 aliphatic heterocycles. The molecular weight excluding hydrogens is 791 g/mol. The third-order valence-electron chi connectivity index (χ3n) is 12.3. The quantitative estimate of drug-likeness (QED) is 0.135. The number of hydrogen-bond donors (Lipinski definition) is 2. The average Bonchev–Trinajstić information content (AvgIpc) is 4.01. The first-order valence-corrected chi connectivity index (χ1v) is 24.0. The van der Waals surface area contributed by atoms with E-state index in [9.17, 15) is 0 Å². The second-order valence-electron chi connectivity index (χ2n) is 16.6. The van der Waals surface area contributed by atoms with Crippen LogP contribution in [0.25, 0.3) is 44.5 Å². The maximum atomic E-state index is 4.27. The minimum atomic E-state index is -1.05. The van der Waals surface area contributed by atoms with E-state index < -0.39 is 15.8 Å². The van der Waals surface area contributed by atoms with E-state index in [4.69, 9.17) is 0 Å². The van der Waals surface area contributed by atoms with Crippen molar-refractivity contribution < 1.29 is 0 Å². The monoisotopic (exact) mass is 842 g/mol. The van der Waals surface area contributed by atoms with Gasteiger partial charge in [-0.2, -0.15) is 10.2 Å². The Morgan fingerprint density at radius 2 is 0.581 bits per heavy atom. The molecule has 6 heteroatoms. The number of aromatic nitrogens is 4. The number of rotatable bonds is 10. The van der Waals surface area contributed by atoms with Crippen molar-refractivity contribution in [2.45, 2.75) is 55.4 Å². The predicted molar refractivity (Wildman–Crippen MR) is 268 cm³/mol. The number of nitrogens with one attached hydrogen (secondary N) is 2. The van der Waals surface area contributed by atoms with Gasteiger partial charge in [0.15, 0.2) is 0 Å². The van der Waals surface area contributed by atoms with Crippen LogP contribution in [0.4, 0.5) is 0 Å². The highest BCUT2D eigenvalue weighted by atomic mass is 31.1. The molecule has 0 saturated heterocycles. The third-order valence-corrected chi connectivity index (χ3v) is 18.6. The van der Waals surface area contributed by atoms with Gasteiger partial charge in [-0.3, -0.25) is 10.2 Å². The van der Waals surface area contributed by atoms with Gasteiger partial charge in [0.25, 0.3) is 0 Å². The van der Waals surface area contributed by atoms with Gasteiger partial charge in [0, 0.05) is 23.5 Å². The van der Waals surface area contributed by atoms with Crippen LogP contribution in [0.2, 0.25) is 0 Å². The predicted octanol–water partition coefficient (Wildman–Crippen LogP) is 11.8. The summed E-state index contributed by atoms with van der Waals surface area (Å²) in [6, 6.07) is 50.8. The van der Waals surface area contributed by atoms with Gasteiger partial charge in [-0.1, -0.05) is 121 Å². The first-order valence-electron chi connectivity index (χ1n) is 21.3. The van der Waals surface area contributed by atoms with Gasteiger partial charge in [-0.15, -0.1) is 0 Å². The summed E-state index contributed by atoms with van der Waals surface area (Å²) in [5, 5.41) is 23.0. The Morgan fingerprint density at radius 1 is 0.323 bits per heavy atom. The van der Waals surface area contributed by atoms with Crippen LogP contribution in [0.15, 0.2) is 158 Å². The van der Waals surface area contributed by atoms with Gasteiger partial charge in [-0.25, -0.2) is 0 Å². The van der Waals surface area contributed by atoms with Crippen LogP contribution < -0.4 is 31.8 Å². The maximum Gasteiger partial charge on any atom is 0.0565 e. The maximum absolute atomic E-state index is 4.27. The molecule has 2 heterocycles. The molecule has 9 aromatic rings. The van der Waals surface area contributed by atoms with E-state index >= 15 is 0 Å². The molecule has 0 radical (unpaired) electrons. The lowest BCUT2D eigenvalue weighted by molar-refractivity contribution is 1.09. The van der Waals surface area contributed by atoms with Crippen molar-refractivity contribution in [3.8, 4) is 44.5 Å². The Hall–Kier alpha value is -6.18. The van der Waals surface area contributed by atoms with Gasteiger partial charge in [-0.05, 0) is 193 Å². The van der Waals surface area contributed by atoms with Gasteiger partial charge < -0.3 is 0 Å². The Morgan fingerprint density at radius 3 is 0.823 bits per heavy atom. The molecule has 0 fully saturated rings. The van der Waals surface area contributed by atoms with Crippen molar-refractivity contribution in [3.05, 3.63) is 203 Å². The van der Waals surface area contributed by atoms with E-state index in [0.717, 1.165) is 22.3 Å². The molecule has 0 bridgehead atoms. The molecule has 0 amide bonds. The van der Waals surface area contributed by atoms with E-state index in [1.54, 1.807) is 0 Å². The van der Waals surface area contributed by atoms with Crippen molar-refractivity contribution >= 4 is 47.7 Å². The number of aromatic amines is 2. The number of benzene rings is 7. The van der Waals surface area contributed by atoms with Crippen molar-refractivity contribution in [1.29, 1.82) is 0 Å². The van der Waals surface area contributed by atoms with E-state index in [0.29, 0.717) is 0 Å². The molecule has 62 heavy (non-hydrogen) atoms. The largest absolute Gasteiger partial charge is 0.285 e. The van der Waals surface area contributed by atoms with Crippen molar-refractivity contribution in [3.63, 3.8) is 0 Å². The van der Waals surface area contributed by atoms with Gasteiger partial charge in [0.05, 0.1) is 12.4 Å². The van der Waals surface area contributed by atoms with Gasteiger partial charge >= 0.3 is 0 Å². The van der Waals surface area contributed by atoms with Crippen molar-refractivity contribution in [2.24, 2.45) is 0 Å². The third kappa shape index (κ3) is 7.68. The molecule has 0 atom stereocenters. The number of H-pyrrole nitrogens is 2. The Balaban J connectivity index is 1.44. The molecule has 0 saturated carbocycles. The summed E-state index contributed by atoms with van der Waals surface area (Å²) in [4.78, 5) is 0. The van der Waals surface area contributed by atoms with Crippen LogP contribution in [0, 0.1) is 55.4 Å². The lowest BCUT2D eigenvalue weighted by atomic mass is 9.97. The summed E-state index contributed by atoms with van der Waals surface area (Å²) < 4.78 is 0. The second-order valence-corrected chi connectivity index (χ2v) is 20.7. The van der Waals surface area contributed by atoms with Crippen LogP contribution in [0.3, 0.4) is 0 Å². The summed E-state index contributed by atoms with van der Waals surface area (Å²) >= 11 is 0. The number of hydrogen-bond acceptors (Lipinski definition) is 2. The van der Waals surface area contributed by atoms with Crippen LogP contribution in [0.1, 0.15) is 44.5 Å². The zero-order chi connectivity index (χ0) is 43.1. The zero-order valence-electron chi connectivity index (χ0n) is 36.8. The zero-order valence-corrected chi connectivity index (χ0v) is 38.6. The van der Waals surface area contributed by atoms with Crippen LogP contribution in [0.5, 0.6) is 0 Å². The molecule has 0 aliphatic rings. The summed E-state index contributed by atoms with van der Waals surface area (Å²) in [7, 11) is -2.09. The standard InChI is InChI=1S/C56H52N4P2/c1-35-13-9-14-36(2)53(35)61(54-37(3)15-10-16-38(54)4)51-29-50(46-27-23-44(24-28-46)48-33-59-60-34-48)52(30-49(51)45-25-21-43(22-26-45)47-31-57-58-32-47)62(55-39(5)17-11-18-40(55)6)56-41(7)19-12-20-42(56)8/h9-34H,1-8H3,(H,57,58)(H,59,60). The summed E-state index contributed by atoms with van der Waals surface area (Å²) in [5.74, 6) is 0. The normalized spacial score (nSPS) is 11.5. The second kappa shape index (κ2) is 17.3. The average molecular weight is 843 g/mol. The highest BCUT2D eigenvalue weighted by Gasteiger charge is 2.32. The molecule has 9 rings (SSSR count). The fraction of sp³-hybridized carbons (Fsp3) is 0.143. The number of aryl methyl sites for hydroxylation is 8. The van der Waals surface area contributed by atoms with E-state index in [2.05, 4.69) is 209 Å². The number of nitrogens with zero attached hydrogens (tertiary/aromatic N) is 2. The summed E-state index contributed by atoms with van der Waals surface area (Å²) in [6.45, 7) is 18.4. The Labute approximate surface area is 369 Å². The Bertz CT molecular complexity index is 2640. The molecule has 0 spiro atoms. The molecule has 0 aliphatic carbocycles. The topological polar surface area (TPSA) is 57.4 Å². The van der Waals surface area contributed by atoms with Crippen LogP contribution >= 0.6 is 15.8 Å². The minimum absolute atomic E-state index is 1.05. The molecular formula is C56H52N4P2. The highest BCUT2D eigenvalue weighted by molar-refractivity contribution is 7.81. The van der Waals surface area contributed by atoms with Crippen molar-refractivity contribution in [2.75, 3.05) is 0 Å². The fourth-order valence-corrected chi connectivity index (χ4v) is 15.5. The molecule has 2 aromatic heterocycles. The SMILES string of the molecule is Cc1cccc(C)c1P(c1cc(-c2ccc(-c3cn[nH]c3)cc2)c(P(c2c(C)cccc2C)c2c(C)cccc2C)cc1-c1ccc(-c2cn[nH]c2)cc1)c1c(C)cccc1C. The first kappa shape index (κ1) is 41.2. The summed E-state index contributed by atoms with van der Waals surface area (Å²) in [5.41, 5.74) is 20.0. The molecule has 0 unspecified atom stereocenters. The van der Waals surface area contributed by atoms with E-state index in [-0.39, 0.29) is 0 Å². The van der Waals surface area contributed by atoms with Crippen molar-refractivity contribution in [1.82, 2.24) is 20.4 Å².